The van der Waals surface area contributed by atoms with Crippen LogP contribution in [0.2, 0.25) is 0 Å². The van der Waals surface area contributed by atoms with E-state index in [1.165, 1.54) is 0 Å². The van der Waals surface area contributed by atoms with Gasteiger partial charge in [0.25, 0.3) is 0 Å². The third-order valence-corrected chi connectivity index (χ3v) is 3.27. The highest BCUT2D eigenvalue weighted by molar-refractivity contribution is 5.84. The van der Waals surface area contributed by atoms with E-state index in [4.69, 9.17) is 10.5 Å². The molecule has 0 saturated carbocycles. The maximum atomic E-state index is 6.11. The van der Waals surface area contributed by atoms with E-state index in [1.807, 2.05) is 31.2 Å². The van der Waals surface area contributed by atoms with Crippen LogP contribution in [0.5, 0.6) is 5.75 Å². The molecule has 1 atom stereocenters. The fourth-order valence-corrected chi connectivity index (χ4v) is 2.04. The van der Waals surface area contributed by atoms with E-state index in [-0.39, 0.29) is 11.5 Å². The van der Waals surface area contributed by atoms with Gasteiger partial charge in [0.2, 0.25) is 0 Å². The van der Waals surface area contributed by atoms with Gasteiger partial charge in [-0.25, -0.2) is 4.98 Å². The van der Waals surface area contributed by atoms with Crippen LogP contribution in [0.25, 0.3) is 10.9 Å². The molecule has 0 amide bonds. The first-order chi connectivity index (χ1) is 8.91. The number of benzene rings is 1. The number of ether oxygens (including phenoxy) is 1. The Morgan fingerprint density at radius 2 is 1.95 bits per heavy atom. The highest BCUT2D eigenvalue weighted by Gasteiger charge is 2.25. The molecule has 0 fully saturated rings. The highest BCUT2D eigenvalue weighted by Crippen LogP contribution is 2.29. The molecule has 0 bridgehead atoms. The Bertz CT molecular complexity index is 572. The van der Waals surface area contributed by atoms with Gasteiger partial charge in [-0.1, -0.05) is 39.0 Å². The topological polar surface area (TPSA) is 48.1 Å². The van der Waals surface area contributed by atoms with E-state index in [0.717, 1.165) is 22.3 Å². The van der Waals surface area contributed by atoms with Crippen LogP contribution in [-0.2, 0) is 0 Å². The van der Waals surface area contributed by atoms with Crippen LogP contribution in [0, 0.1) is 12.3 Å². The Kier molecular flexibility index (Phi) is 3.76. The summed E-state index contributed by atoms with van der Waals surface area (Å²) in [6.45, 7) is 8.88. The summed E-state index contributed by atoms with van der Waals surface area (Å²) >= 11 is 0. The number of rotatable bonds is 3. The van der Waals surface area contributed by atoms with Crippen molar-refractivity contribution in [3.63, 3.8) is 0 Å². The molecule has 2 rings (SSSR count). The standard InChI is InChI=1S/C16H22N2O/c1-11-8-9-12-6-5-7-13(15(12)18-11)19-14(10-17)16(2,3)4/h5-9,14H,10,17H2,1-4H3. The number of nitrogens with zero attached hydrogens (tertiary/aromatic N) is 1. The van der Waals surface area contributed by atoms with Crippen LogP contribution in [0.1, 0.15) is 26.5 Å². The average molecular weight is 258 g/mol. The first kappa shape index (κ1) is 13.8. The zero-order valence-electron chi connectivity index (χ0n) is 12.1. The SMILES string of the molecule is Cc1ccc2cccc(OC(CN)C(C)(C)C)c2n1. The smallest absolute Gasteiger partial charge is 0.146 e. The van der Waals surface area contributed by atoms with Crippen molar-refractivity contribution in [1.82, 2.24) is 4.98 Å². The molecule has 1 aromatic heterocycles. The van der Waals surface area contributed by atoms with Crippen LogP contribution in [0.3, 0.4) is 0 Å². The molecule has 2 aromatic rings. The fraction of sp³-hybridized carbons (Fsp3) is 0.438. The predicted octanol–water partition coefficient (Wildman–Crippen LogP) is 3.30. The lowest BCUT2D eigenvalue weighted by atomic mass is 9.89. The lowest BCUT2D eigenvalue weighted by Crippen LogP contribution is -2.38. The summed E-state index contributed by atoms with van der Waals surface area (Å²) in [4.78, 5) is 4.58. The van der Waals surface area contributed by atoms with Crippen molar-refractivity contribution in [2.45, 2.75) is 33.8 Å². The van der Waals surface area contributed by atoms with Crippen molar-refractivity contribution >= 4 is 10.9 Å². The van der Waals surface area contributed by atoms with Crippen molar-refractivity contribution in [3.8, 4) is 5.75 Å². The molecule has 19 heavy (non-hydrogen) atoms. The van der Waals surface area contributed by atoms with E-state index >= 15 is 0 Å². The Morgan fingerprint density at radius 1 is 1.21 bits per heavy atom. The number of aromatic nitrogens is 1. The Labute approximate surface area is 114 Å². The molecule has 1 heterocycles. The summed E-state index contributed by atoms with van der Waals surface area (Å²) in [5.74, 6) is 0.812. The second-order valence-corrected chi connectivity index (χ2v) is 5.99. The minimum Gasteiger partial charge on any atom is -0.486 e. The Balaban J connectivity index is 2.42. The van der Waals surface area contributed by atoms with E-state index < -0.39 is 0 Å². The Morgan fingerprint density at radius 3 is 2.58 bits per heavy atom. The Hall–Kier alpha value is -1.61. The van der Waals surface area contributed by atoms with Crippen LogP contribution < -0.4 is 10.5 Å². The monoisotopic (exact) mass is 258 g/mol. The molecule has 3 heteroatoms. The van der Waals surface area contributed by atoms with Gasteiger partial charge in [0, 0.05) is 23.0 Å². The largest absolute Gasteiger partial charge is 0.486 e. The fourth-order valence-electron chi connectivity index (χ4n) is 2.04. The van der Waals surface area contributed by atoms with Crippen molar-refractivity contribution in [3.05, 3.63) is 36.0 Å². The zero-order chi connectivity index (χ0) is 14.0. The van der Waals surface area contributed by atoms with Crippen molar-refractivity contribution in [2.24, 2.45) is 11.1 Å². The second kappa shape index (κ2) is 5.17. The van der Waals surface area contributed by atoms with Gasteiger partial charge in [0.1, 0.15) is 17.4 Å². The zero-order valence-corrected chi connectivity index (χ0v) is 12.1. The van der Waals surface area contributed by atoms with Crippen molar-refractivity contribution < 1.29 is 4.74 Å². The molecule has 3 nitrogen and oxygen atoms in total. The normalized spacial score (nSPS) is 13.5. The minimum absolute atomic E-state index is 0.000734. The van der Waals surface area contributed by atoms with Gasteiger partial charge in [0.05, 0.1) is 0 Å². The van der Waals surface area contributed by atoms with Crippen LogP contribution in [-0.4, -0.2) is 17.6 Å². The molecule has 0 spiro atoms. The van der Waals surface area contributed by atoms with Crippen LogP contribution in [0.15, 0.2) is 30.3 Å². The average Bonchev–Trinajstić information content (AvgIpc) is 2.34. The third-order valence-electron chi connectivity index (χ3n) is 3.27. The van der Waals surface area contributed by atoms with Gasteiger partial charge < -0.3 is 10.5 Å². The number of hydrogen-bond acceptors (Lipinski definition) is 3. The molecule has 1 unspecified atom stereocenters. The lowest BCUT2D eigenvalue weighted by Gasteiger charge is -2.30. The summed E-state index contributed by atoms with van der Waals surface area (Å²) in [5, 5.41) is 1.09. The summed E-state index contributed by atoms with van der Waals surface area (Å²) in [6.07, 6.45) is -0.0274. The summed E-state index contributed by atoms with van der Waals surface area (Å²) < 4.78 is 6.11. The van der Waals surface area contributed by atoms with Gasteiger partial charge in [-0.05, 0) is 19.1 Å². The number of nitrogens with two attached hydrogens (primary N) is 1. The third kappa shape index (κ3) is 3.04. The molecule has 0 aliphatic carbocycles. The van der Waals surface area contributed by atoms with E-state index in [9.17, 15) is 0 Å². The maximum Gasteiger partial charge on any atom is 0.146 e. The van der Waals surface area contributed by atoms with Gasteiger partial charge in [-0.2, -0.15) is 0 Å². The van der Waals surface area contributed by atoms with Gasteiger partial charge in [0.15, 0.2) is 0 Å². The first-order valence-electron chi connectivity index (χ1n) is 6.65. The molecule has 1 aromatic carbocycles. The first-order valence-corrected chi connectivity index (χ1v) is 6.65. The molecule has 2 N–H and O–H groups in total. The number of pyridine rings is 1. The van der Waals surface area contributed by atoms with Gasteiger partial charge in [-0.3, -0.25) is 0 Å². The molecule has 0 radical (unpaired) electrons. The molecular weight excluding hydrogens is 236 g/mol. The summed E-state index contributed by atoms with van der Waals surface area (Å²) in [6, 6.07) is 10.1. The maximum absolute atomic E-state index is 6.11. The summed E-state index contributed by atoms with van der Waals surface area (Å²) in [7, 11) is 0. The van der Waals surface area contributed by atoms with Gasteiger partial charge >= 0.3 is 0 Å². The van der Waals surface area contributed by atoms with Crippen LogP contribution in [0.4, 0.5) is 0 Å². The number of hydrogen-bond donors (Lipinski definition) is 1. The second-order valence-electron chi connectivity index (χ2n) is 5.99. The van der Waals surface area contributed by atoms with Crippen molar-refractivity contribution in [1.29, 1.82) is 0 Å². The molecule has 102 valence electrons. The molecule has 0 aliphatic rings. The molecular formula is C16H22N2O. The highest BCUT2D eigenvalue weighted by atomic mass is 16.5. The van der Waals surface area contributed by atoms with E-state index in [1.54, 1.807) is 0 Å². The number of para-hydroxylation sites is 1. The number of fused-ring (bicyclic) bond motifs is 1. The predicted molar refractivity (Wildman–Crippen MR) is 79.4 cm³/mol. The minimum atomic E-state index is -0.0274. The lowest BCUT2D eigenvalue weighted by molar-refractivity contribution is 0.0955. The quantitative estimate of drug-likeness (QED) is 0.919. The molecule has 0 aliphatic heterocycles. The van der Waals surface area contributed by atoms with Crippen LogP contribution >= 0.6 is 0 Å². The summed E-state index contributed by atoms with van der Waals surface area (Å²) in [5.41, 5.74) is 7.73. The van der Waals surface area contributed by atoms with E-state index in [0.29, 0.717) is 6.54 Å². The van der Waals surface area contributed by atoms with Gasteiger partial charge in [-0.15, -0.1) is 0 Å². The van der Waals surface area contributed by atoms with Crippen molar-refractivity contribution in [2.75, 3.05) is 6.54 Å². The number of aryl methyl sites for hydroxylation is 1. The molecule has 0 saturated heterocycles. The van der Waals surface area contributed by atoms with E-state index in [2.05, 4.69) is 31.8 Å².